The highest BCUT2D eigenvalue weighted by Gasteiger charge is 2.34. The van der Waals surface area contributed by atoms with Gasteiger partial charge in [0.05, 0.1) is 24.3 Å². The second kappa shape index (κ2) is 11.7. The highest BCUT2D eigenvalue weighted by Crippen LogP contribution is 2.30. The van der Waals surface area contributed by atoms with Crippen LogP contribution < -0.4 is 20.3 Å². The normalized spacial score (nSPS) is 18.6. The van der Waals surface area contributed by atoms with Crippen molar-refractivity contribution in [3.8, 4) is 5.75 Å². The number of carbonyl (C=O) groups excluding carboxylic acids is 2. The monoisotopic (exact) mass is 512 g/mol. The quantitative estimate of drug-likeness (QED) is 0.518. The lowest BCUT2D eigenvalue weighted by atomic mass is 9.94. The van der Waals surface area contributed by atoms with Crippen LogP contribution in [0.2, 0.25) is 5.02 Å². The highest BCUT2D eigenvalue weighted by molar-refractivity contribution is 6.30. The number of urea groups is 1. The van der Waals surface area contributed by atoms with Gasteiger partial charge in [-0.15, -0.1) is 0 Å². The molecule has 1 fully saturated rings. The van der Waals surface area contributed by atoms with Gasteiger partial charge in [0.15, 0.2) is 0 Å². The van der Waals surface area contributed by atoms with Gasteiger partial charge in [-0.2, -0.15) is 0 Å². The Kier molecular flexibility index (Phi) is 8.38. The molecule has 0 aromatic heterocycles. The van der Waals surface area contributed by atoms with E-state index in [2.05, 4.69) is 26.5 Å². The van der Waals surface area contributed by atoms with Crippen LogP contribution >= 0.6 is 11.6 Å². The summed E-state index contributed by atoms with van der Waals surface area (Å²) in [6.45, 7) is 9.57. The number of nitrogens with zero attached hydrogens (tertiary/aromatic N) is 2. The zero-order valence-corrected chi connectivity index (χ0v) is 21.7. The minimum absolute atomic E-state index is 0.0513. The van der Waals surface area contributed by atoms with Crippen molar-refractivity contribution in [1.29, 1.82) is 0 Å². The Hall–Kier alpha value is -3.23. The number of amides is 2. The standard InChI is InChI=1S/C27H33ClN4O4/c1-4-35-26(33)24-23(17-31-12-14-32(15-13-31)21-7-5-6-20(28)16-21)29-27(34)30-25(24)19-8-10-22(11-9-19)36-18(2)3/h5-11,16,18,25H,4,12-15,17H2,1-3H3,(H2,29,30,34)/t25-/m0/s1. The molecule has 0 aliphatic carbocycles. The molecule has 36 heavy (non-hydrogen) atoms. The van der Waals surface area contributed by atoms with Crippen LogP contribution in [0.4, 0.5) is 10.5 Å². The van der Waals surface area contributed by atoms with Gasteiger partial charge in [0, 0.05) is 49.1 Å². The number of benzene rings is 2. The Labute approximate surface area is 217 Å². The first-order chi connectivity index (χ1) is 17.3. The highest BCUT2D eigenvalue weighted by atomic mass is 35.5. The fourth-order valence-electron chi connectivity index (χ4n) is 4.51. The third kappa shape index (κ3) is 6.30. The second-order valence-electron chi connectivity index (χ2n) is 9.12. The van der Waals surface area contributed by atoms with Gasteiger partial charge in [0.1, 0.15) is 5.75 Å². The van der Waals surface area contributed by atoms with Crippen molar-refractivity contribution < 1.29 is 19.1 Å². The molecule has 2 aliphatic rings. The lowest BCUT2D eigenvalue weighted by molar-refractivity contribution is -0.139. The molecular formula is C27H33ClN4O4. The lowest BCUT2D eigenvalue weighted by Crippen LogP contribution is -2.51. The number of anilines is 1. The van der Waals surface area contributed by atoms with Crippen LogP contribution in [0.1, 0.15) is 32.4 Å². The molecule has 2 aromatic carbocycles. The van der Waals surface area contributed by atoms with E-state index >= 15 is 0 Å². The summed E-state index contributed by atoms with van der Waals surface area (Å²) < 4.78 is 11.1. The first-order valence-corrected chi connectivity index (χ1v) is 12.7. The van der Waals surface area contributed by atoms with Gasteiger partial charge in [0.25, 0.3) is 0 Å². The molecular weight excluding hydrogens is 480 g/mol. The summed E-state index contributed by atoms with van der Waals surface area (Å²) in [5.74, 6) is 0.290. The predicted molar refractivity (Wildman–Crippen MR) is 140 cm³/mol. The van der Waals surface area contributed by atoms with Crippen molar-refractivity contribution in [2.24, 2.45) is 0 Å². The van der Waals surface area contributed by atoms with Gasteiger partial charge >= 0.3 is 12.0 Å². The first-order valence-electron chi connectivity index (χ1n) is 12.3. The van der Waals surface area contributed by atoms with E-state index in [1.54, 1.807) is 6.92 Å². The molecule has 2 aromatic rings. The van der Waals surface area contributed by atoms with Gasteiger partial charge in [-0.3, -0.25) is 4.90 Å². The Balaban J connectivity index is 1.54. The zero-order valence-electron chi connectivity index (χ0n) is 20.9. The molecule has 2 N–H and O–H groups in total. The lowest BCUT2D eigenvalue weighted by Gasteiger charge is -2.38. The van der Waals surface area contributed by atoms with Crippen molar-refractivity contribution >= 4 is 29.3 Å². The fraction of sp³-hybridized carbons (Fsp3) is 0.407. The molecule has 192 valence electrons. The molecule has 1 saturated heterocycles. The third-order valence-corrected chi connectivity index (χ3v) is 6.40. The topological polar surface area (TPSA) is 83.1 Å². The van der Waals surface area contributed by atoms with Crippen LogP contribution in [-0.2, 0) is 9.53 Å². The minimum atomic E-state index is -0.617. The Bertz CT molecular complexity index is 1110. The maximum Gasteiger partial charge on any atom is 0.338 e. The number of ether oxygens (including phenoxy) is 2. The zero-order chi connectivity index (χ0) is 25.7. The summed E-state index contributed by atoms with van der Waals surface area (Å²) in [5, 5.41) is 6.48. The van der Waals surface area contributed by atoms with Crippen LogP contribution in [0.25, 0.3) is 0 Å². The van der Waals surface area contributed by atoms with Crippen molar-refractivity contribution in [2.45, 2.75) is 32.9 Å². The van der Waals surface area contributed by atoms with E-state index < -0.39 is 12.0 Å². The number of carbonyl (C=O) groups is 2. The van der Waals surface area contributed by atoms with Gasteiger partial charge < -0.3 is 25.0 Å². The smallest absolute Gasteiger partial charge is 0.338 e. The van der Waals surface area contributed by atoms with E-state index in [1.807, 2.05) is 56.3 Å². The third-order valence-electron chi connectivity index (χ3n) is 6.16. The van der Waals surface area contributed by atoms with Gasteiger partial charge in [-0.1, -0.05) is 29.8 Å². The molecule has 8 nitrogen and oxygen atoms in total. The Morgan fingerprint density at radius 2 is 1.83 bits per heavy atom. The Morgan fingerprint density at radius 3 is 2.47 bits per heavy atom. The number of rotatable bonds is 8. The maximum atomic E-state index is 13.1. The van der Waals surface area contributed by atoms with E-state index in [0.29, 0.717) is 22.8 Å². The van der Waals surface area contributed by atoms with E-state index in [-0.39, 0.29) is 18.7 Å². The van der Waals surface area contributed by atoms with E-state index in [4.69, 9.17) is 21.1 Å². The van der Waals surface area contributed by atoms with Crippen molar-refractivity contribution in [2.75, 3.05) is 44.2 Å². The summed E-state index contributed by atoms with van der Waals surface area (Å²) in [6, 6.07) is 14.3. The molecule has 0 spiro atoms. The number of hydrogen-bond donors (Lipinski definition) is 2. The second-order valence-corrected chi connectivity index (χ2v) is 9.56. The molecule has 0 unspecified atom stereocenters. The molecule has 4 rings (SSSR count). The molecule has 2 aliphatic heterocycles. The number of esters is 1. The fourth-order valence-corrected chi connectivity index (χ4v) is 4.70. The summed E-state index contributed by atoms with van der Waals surface area (Å²) in [5.41, 5.74) is 2.87. The molecule has 0 saturated carbocycles. The van der Waals surface area contributed by atoms with Gasteiger partial charge in [-0.25, -0.2) is 9.59 Å². The summed E-state index contributed by atoms with van der Waals surface area (Å²) >= 11 is 6.16. The number of piperazine rings is 1. The predicted octanol–water partition coefficient (Wildman–Crippen LogP) is 4.12. The number of halogens is 1. The van der Waals surface area contributed by atoms with Crippen LogP contribution in [-0.4, -0.2) is 62.3 Å². The maximum absolute atomic E-state index is 13.1. The van der Waals surface area contributed by atoms with Gasteiger partial charge in [0.2, 0.25) is 0 Å². The van der Waals surface area contributed by atoms with E-state index in [9.17, 15) is 9.59 Å². The van der Waals surface area contributed by atoms with E-state index in [1.165, 1.54) is 0 Å². The molecule has 0 bridgehead atoms. The molecule has 2 heterocycles. The SMILES string of the molecule is CCOC(=O)C1=C(CN2CCN(c3cccc(Cl)c3)CC2)NC(=O)N[C@H]1c1ccc(OC(C)C)cc1. The molecule has 9 heteroatoms. The van der Waals surface area contributed by atoms with E-state index in [0.717, 1.165) is 43.2 Å². The summed E-state index contributed by atoms with van der Waals surface area (Å²) in [4.78, 5) is 30.2. The molecule has 1 atom stereocenters. The van der Waals surface area contributed by atoms with Gasteiger partial charge in [-0.05, 0) is 56.7 Å². The van der Waals surface area contributed by atoms with Crippen LogP contribution in [0.5, 0.6) is 5.75 Å². The van der Waals surface area contributed by atoms with Crippen LogP contribution in [0.15, 0.2) is 59.8 Å². The average Bonchev–Trinajstić information content (AvgIpc) is 2.84. The first kappa shape index (κ1) is 25.9. The Morgan fingerprint density at radius 1 is 1.11 bits per heavy atom. The molecule has 2 amide bonds. The largest absolute Gasteiger partial charge is 0.491 e. The average molecular weight is 513 g/mol. The number of nitrogens with one attached hydrogen (secondary N) is 2. The van der Waals surface area contributed by atoms with Crippen LogP contribution in [0.3, 0.4) is 0 Å². The summed E-state index contributed by atoms with van der Waals surface area (Å²) in [7, 11) is 0. The van der Waals surface area contributed by atoms with Crippen LogP contribution in [0, 0.1) is 0 Å². The molecule has 0 radical (unpaired) electrons. The van der Waals surface area contributed by atoms with Crippen molar-refractivity contribution in [3.05, 3.63) is 70.4 Å². The van der Waals surface area contributed by atoms with Crippen molar-refractivity contribution in [1.82, 2.24) is 15.5 Å². The summed E-state index contributed by atoms with van der Waals surface area (Å²) in [6.07, 6.45) is 0.0513. The van der Waals surface area contributed by atoms with Crippen molar-refractivity contribution in [3.63, 3.8) is 0 Å². The number of hydrogen-bond acceptors (Lipinski definition) is 6. The minimum Gasteiger partial charge on any atom is -0.491 e.